The first kappa shape index (κ1) is 37.7. The number of amides is 2. The molecule has 0 aromatic heterocycles. The molecule has 3 N–H and O–H groups in total. The lowest BCUT2D eigenvalue weighted by Gasteiger charge is -2.37. The van der Waals surface area contributed by atoms with Crippen molar-refractivity contribution in [3.63, 3.8) is 0 Å². The fourth-order valence-corrected chi connectivity index (χ4v) is 8.23. The summed E-state index contributed by atoms with van der Waals surface area (Å²) in [6.45, 7) is 3.59. The van der Waals surface area contributed by atoms with Crippen LogP contribution in [-0.2, 0) is 24.4 Å². The largest absolute Gasteiger partial charge is 0.483 e. The van der Waals surface area contributed by atoms with Crippen molar-refractivity contribution in [3.8, 4) is 5.75 Å². The number of aliphatic carboxylic acids is 1. The number of anilines is 2. The van der Waals surface area contributed by atoms with Gasteiger partial charge >= 0.3 is 5.97 Å². The van der Waals surface area contributed by atoms with E-state index in [-0.39, 0.29) is 10.6 Å². The average molecular weight is 711 g/mol. The minimum absolute atomic E-state index is 0.0482. The summed E-state index contributed by atoms with van der Waals surface area (Å²) in [5, 5.41) is 11.9. The molecule has 1 atom stereocenters. The van der Waals surface area contributed by atoms with Crippen molar-refractivity contribution in [2.45, 2.75) is 73.7 Å². The summed E-state index contributed by atoms with van der Waals surface area (Å²) in [6, 6.07) is 20.3. The molecule has 3 aromatic rings. The van der Waals surface area contributed by atoms with Gasteiger partial charge in [0.05, 0.1) is 16.1 Å². The lowest BCUT2D eigenvalue weighted by Crippen LogP contribution is -2.53. The van der Waals surface area contributed by atoms with Gasteiger partial charge in [0.15, 0.2) is 6.61 Å². The van der Waals surface area contributed by atoms with E-state index in [1.807, 2.05) is 36.6 Å². The molecule has 1 heterocycles. The van der Waals surface area contributed by atoms with E-state index in [4.69, 9.17) is 4.74 Å². The summed E-state index contributed by atoms with van der Waals surface area (Å²) < 4.78 is 37.6. The second kappa shape index (κ2) is 17.0. The number of carboxylic acids is 1. The molecular formula is C36H46N4O7S2. The molecule has 0 aliphatic carbocycles. The first-order valence-corrected chi connectivity index (χ1v) is 19.2. The van der Waals surface area contributed by atoms with Crippen LogP contribution in [0.4, 0.5) is 11.4 Å². The number of sulfonamides is 1. The van der Waals surface area contributed by atoms with E-state index >= 15 is 0 Å². The Kier molecular flexibility index (Phi) is 13.1. The predicted molar refractivity (Wildman–Crippen MR) is 192 cm³/mol. The molecule has 1 unspecified atom stereocenters. The first-order valence-electron chi connectivity index (χ1n) is 16.5. The Hall–Kier alpha value is -4.07. The predicted octanol–water partition coefficient (Wildman–Crippen LogP) is 5.74. The molecule has 11 nitrogen and oxygen atoms in total. The minimum Gasteiger partial charge on any atom is -0.483 e. The van der Waals surface area contributed by atoms with Crippen LogP contribution < -0.4 is 19.7 Å². The van der Waals surface area contributed by atoms with Crippen molar-refractivity contribution in [1.82, 2.24) is 14.9 Å². The van der Waals surface area contributed by atoms with Crippen LogP contribution in [0.15, 0.2) is 82.6 Å². The van der Waals surface area contributed by atoms with Crippen LogP contribution in [0.25, 0.3) is 0 Å². The molecule has 4 rings (SSSR count). The number of thioether (sulfide) groups is 1. The van der Waals surface area contributed by atoms with Crippen molar-refractivity contribution >= 4 is 50.9 Å². The fraction of sp³-hybridized carbons (Fsp3) is 0.417. The van der Waals surface area contributed by atoms with Gasteiger partial charge in [-0.1, -0.05) is 88.1 Å². The third kappa shape index (κ3) is 9.55. The lowest BCUT2D eigenvalue weighted by atomic mass is 9.87. The van der Waals surface area contributed by atoms with E-state index in [1.54, 1.807) is 36.4 Å². The summed E-state index contributed by atoms with van der Waals surface area (Å²) in [6.07, 6.45) is 6.80. The van der Waals surface area contributed by atoms with Crippen LogP contribution in [0, 0.1) is 0 Å². The van der Waals surface area contributed by atoms with Gasteiger partial charge in [0.1, 0.15) is 23.2 Å². The Morgan fingerprint density at radius 1 is 1.02 bits per heavy atom. The summed E-state index contributed by atoms with van der Waals surface area (Å²) >= 11 is 1.36. The SMILES string of the molecule is CCCCC1(CCCC)CN(c2ccccc2)c2cc(SC)c(OCC(=O)NC(C(=O)N(C)CC(=O)O)c3ccccc3)cc2S(=O)(=O)N1. The molecule has 49 heavy (non-hydrogen) atoms. The number of carbonyl (C=O) groups is 3. The number of hydrogen-bond acceptors (Lipinski definition) is 8. The van der Waals surface area contributed by atoms with Gasteiger partial charge < -0.3 is 25.0 Å². The smallest absolute Gasteiger partial charge is 0.323 e. The van der Waals surface area contributed by atoms with E-state index in [0.717, 1.165) is 36.3 Å². The van der Waals surface area contributed by atoms with E-state index in [2.05, 4.69) is 28.8 Å². The highest BCUT2D eigenvalue weighted by Crippen LogP contribution is 2.44. The number of ether oxygens (including phenoxy) is 1. The maximum atomic E-state index is 14.3. The van der Waals surface area contributed by atoms with Crippen LogP contribution in [-0.4, -0.2) is 74.7 Å². The highest BCUT2D eigenvalue weighted by Gasteiger charge is 2.42. The number of unbranched alkanes of at least 4 members (excludes halogenated alkanes) is 2. The number of rotatable bonds is 16. The van der Waals surface area contributed by atoms with Crippen LogP contribution in [0.5, 0.6) is 5.75 Å². The van der Waals surface area contributed by atoms with Gasteiger partial charge in [-0.25, -0.2) is 13.1 Å². The molecule has 264 valence electrons. The number of benzene rings is 3. The normalized spacial score (nSPS) is 15.4. The second-order valence-electron chi connectivity index (χ2n) is 12.3. The second-order valence-corrected chi connectivity index (χ2v) is 14.8. The summed E-state index contributed by atoms with van der Waals surface area (Å²) in [5.41, 5.74) is 1.16. The van der Waals surface area contributed by atoms with Crippen LogP contribution >= 0.6 is 11.8 Å². The Morgan fingerprint density at radius 2 is 1.63 bits per heavy atom. The van der Waals surface area contributed by atoms with Gasteiger partial charge in [0.2, 0.25) is 15.9 Å². The van der Waals surface area contributed by atoms with Crippen LogP contribution in [0.2, 0.25) is 0 Å². The van der Waals surface area contributed by atoms with Crippen molar-refractivity contribution < 1.29 is 32.6 Å². The summed E-state index contributed by atoms with van der Waals surface area (Å²) in [5.74, 6) is -2.23. The zero-order valence-electron chi connectivity index (χ0n) is 28.5. The molecule has 0 radical (unpaired) electrons. The maximum Gasteiger partial charge on any atom is 0.323 e. The Balaban J connectivity index is 1.69. The highest BCUT2D eigenvalue weighted by atomic mass is 32.2. The fourth-order valence-electron chi connectivity index (χ4n) is 6.02. The number of carboxylic acid groups (broad SMARTS) is 1. The van der Waals surface area contributed by atoms with Crippen molar-refractivity contribution in [1.29, 1.82) is 0 Å². The third-order valence-electron chi connectivity index (χ3n) is 8.52. The number of nitrogens with one attached hydrogen (secondary N) is 2. The zero-order chi connectivity index (χ0) is 35.6. The van der Waals surface area contributed by atoms with Crippen LogP contribution in [0.1, 0.15) is 64.0 Å². The van der Waals surface area contributed by atoms with Gasteiger partial charge in [-0.05, 0) is 42.9 Å². The molecule has 2 amide bonds. The Morgan fingerprint density at radius 3 is 2.20 bits per heavy atom. The van der Waals surface area contributed by atoms with Gasteiger partial charge in [0.25, 0.3) is 5.91 Å². The van der Waals surface area contributed by atoms with Gasteiger partial charge in [0, 0.05) is 25.3 Å². The maximum absolute atomic E-state index is 14.3. The van der Waals surface area contributed by atoms with Crippen molar-refractivity contribution in [3.05, 3.63) is 78.4 Å². The Bertz CT molecular complexity index is 1700. The average Bonchev–Trinajstić information content (AvgIpc) is 3.19. The molecule has 13 heteroatoms. The monoisotopic (exact) mass is 710 g/mol. The standard InChI is InChI=1S/C36H46N4O7S2/c1-5-7-19-36(20-8-6-2)25-40(27-17-13-10-14-18-27)28-21-30(48-4)29(22-31(28)49(45,46)38-36)47-24-32(41)37-34(26-15-11-9-12-16-26)35(44)39(3)23-33(42)43/h9-18,21-22,34,38H,5-8,19-20,23-25H2,1-4H3,(H,37,41)(H,42,43). The summed E-state index contributed by atoms with van der Waals surface area (Å²) in [4.78, 5) is 41.5. The molecular weight excluding hydrogens is 665 g/mol. The van der Waals surface area contributed by atoms with Gasteiger partial charge in [-0.15, -0.1) is 11.8 Å². The minimum atomic E-state index is -4.04. The zero-order valence-corrected chi connectivity index (χ0v) is 30.1. The number of nitrogens with zero attached hydrogens (tertiary/aromatic N) is 2. The third-order valence-corrected chi connectivity index (χ3v) is 10.9. The van der Waals surface area contributed by atoms with E-state index in [9.17, 15) is 27.9 Å². The van der Waals surface area contributed by atoms with E-state index in [1.165, 1.54) is 24.9 Å². The highest BCUT2D eigenvalue weighted by molar-refractivity contribution is 7.98. The Labute approximate surface area is 293 Å². The topological polar surface area (TPSA) is 145 Å². The van der Waals surface area contributed by atoms with Crippen molar-refractivity contribution in [2.24, 2.45) is 0 Å². The molecule has 0 saturated carbocycles. The number of carbonyl (C=O) groups excluding carboxylic acids is 2. The molecule has 0 saturated heterocycles. The number of fused-ring (bicyclic) bond motifs is 1. The van der Waals surface area contributed by atoms with Crippen molar-refractivity contribution in [2.75, 3.05) is 37.9 Å². The molecule has 0 spiro atoms. The van der Waals surface area contributed by atoms with Gasteiger partial charge in [-0.2, -0.15) is 0 Å². The van der Waals surface area contributed by atoms with Gasteiger partial charge in [-0.3, -0.25) is 14.4 Å². The number of para-hydroxylation sites is 1. The lowest BCUT2D eigenvalue weighted by molar-refractivity contribution is -0.144. The quantitative estimate of drug-likeness (QED) is 0.159. The van der Waals surface area contributed by atoms with Crippen LogP contribution in [0.3, 0.4) is 0 Å². The molecule has 3 aromatic carbocycles. The summed E-state index contributed by atoms with van der Waals surface area (Å²) in [7, 11) is -2.69. The van der Waals surface area contributed by atoms with E-state index in [0.29, 0.717) is 35.5 Å². The molecule has 0 fully saturated rings. The number of hydrogen-bond donors (Lipinski definition) is 3. The number of likely N-dealkylation sites (N-methyl/N-ethyl adjacent to an activating group) is 1. The first-order chi connectivity index (χ1) is 23.4. The molecule has 1 aliphatic heterocycles. The molecule has 1 aliphatic rings. The van der Waals surface area contributed by atoms with E-state index < -0.39 is 52.5 Å². The molecule has 0 bridgehead atoms.